The van der Waals surface area contributed by atoms with Crippen LogP contribution in [0.5, 0.6) is 11.6 Å². The molecule has 5 nitrogen and oxygen atoms in total. The lowest BCUT2D eigenvalue weighted by molar-refractivity contribution is 0.0666. The SMILES string of the molecule is CC(=O)c1c(O)[nH]c2cc(Cl)c(-c3ccc(OC4CCC(O)CC4)cc3)cc12. The first-order valence-corrected chi connectivity index (χ1v) is 9.80. The smallest absolute Gasteiger partial charge is 0.200 e. The van der Waals surface area contributed by atoms with Crippen LogP contribution in [0.4, 0.5) is 0 Å². The lowest BCUT2D eigenvalue weighted by atomic mass is 9.95. The minimum atomic E-state index is -0.210. The van der Waals surface area contributed by atoms with E-state index in [1.54, 1.807) is 6.07 Å². The molecule has 3 N–H and O–H groups in total. The molecule has 146 valence electrons. The lowest BCUT2D eigenvalue weighted by Gasteiger charge is -2.26. The summed E-state index contributed by atoms with van der Waals surface area (Å²) in [6.45, 7) is 1.42. The van der Waals surface area contributed by atoms with Gasteiger partial charge in [0.05, 0.1) is 28.3 Å². The lowest BCUT2D eigenvalue weighted by Crippen LogP contribution is -2.26. The van der Waals surface area contributed by atoms with Gasteiger partial charge in [-0.25, -0.2) is 0 Å². The molecule has 0 aliphatic heterocycles. The molecule has 1 heterocycles. The van der Waals surface area contributed by atoms with Crippen molar-refractivity contribution in [1.29, 1.82) is 0 Å². The first-order chi connectivity index (χ1) is 13.4. The first kappa shape index (κ1) is 18.8. The van der Waals surface area contributed by atoms with Crippen LogP contribution in [0.1, 0.15) is 43.0 Å². The number of nitrogens with one attached hydrogen (secondary N) is 1. The summed E-state index contributed by atoms with van der Waals surface area (Å²) in [6.07, 6.45) is 3.20. The summed E-state index contributed by atoms with van der Waals surface area (Å²) in [5.74, 6) is 0.432. The molecule has 1 saturated carbocycles. The summed E-state index contributed by atoms with van der Waals surface area (Å²) in [4.78, 5) is 14.7. The Balaban J connectivity index is 1.61. The van der Waals surface area contributed by atoms with Gasteiger partial charge in [-0.15, -0.1) is 0 Å². The van der Waals surface area contributed by atoms with Crippen LogP contribution in [0.3, 0.4) is 0 Å². The highest BCUT2D eigenvalue weighted by atomic mass is 35.5. The van der Waals surface area contributed by atoms with Crippen LogP contribution in [-0.2, 0) is 0 Å². The van der Waals surface area contributed by atoms with E-state index in [4.69, 9.17) is 16.3 Å². The van der Waals surface area contributed by atoms with Gasteiger partial charge in [-0.1, -0.05) is 23.7 Å². The molecule has 6 heteroatoms. The highest BCUT2D eigenvalue weighted by Gasteiger charge is 2.21. The van der Waals surface area contributed by atoms with Gasteiger partial charge in [0.25, 0.3) is 0 Å². The van der Waals surface area contributed by atoms with Crippen molar-refractivity contribution in [2.45, 2.75) is 44.8 Å². The van der Waals surface area contributed by atoms with E-state index >= 15 is 0 Å². The maximum atomic E-state index is 11.9. The average molecular weight is 400 g/mol. The number of carbonyl (C=O) groups excluding carboxylic acids is 1. The van der Waals surface area contributed by atoms with Crippen molar-refractivity contribution in [2.75, 3.05) is 0 Å². The van der Waals surface area contributed by atoms with Gasteiger partial charge in [0, 0.05) is 10.9 Å². The number of aliphatic hydroxyl groups excluding tert-OH is 1. The molecule has 0 unspecified atom stereocenters. The third kappa shape index (κ3) is 3.60. The van der Waals surface area contributed by atoms with Gasteiger partial charge >= 0.3 is 0 Å². The summed E-state index contributed by atoms with van der Waals surface area (Å²) < 4.78 is 6.02. The second kappa shape index (κ2) is 7.49. The van der Waals surface area contributed by atoms with E-state index in [1.165, 1.54) is 6.92 Å². The van der Waals surface area contributed by atoms with Gasteiger partial charge in [0.15, 0.2) is 5.78 Å². The summed E-state index contributed by atoms with van der Waals surface area (Å²) in [5.41, 5.74) is 2.57. The Kier molecular flexibility index (Phi) is 5.04. The molecular weight excluding hydrogens is 378 g/mol. The Morgan fingerprint density at radius 3 is 2.46 bits per heavy atom. The van der Waals surface area contributed by atoms with E-state index in [2.05, 4.69) is 4.98 Å². The standard InChI is InChI=1S/C22H22ClNO4/c1-12(25)21-18-10-17(19(23)11-20(18)24-22(21)27)13-2-6-15(7-3-13)28-16-8-4-14(26)5-9-16/h2-3,6-7,10-11,14,16,24,26-27H,4-5,8-9H2,1H3. The quantitative estimate of drug-likeness (QED) is 0.534. The number of Topliss-reactive ketones (excluding diaryl/α,β-unsaturated/α-hetero) is 1. The maximum absolute atomic E-state index is 11.9. The molecule has 0 radical (unpaired) electrons. The van der Waals surface area contributed by atoms with Gasteiger partial charge in [-0.3, -0.25) is 4.79 Å². The number of aliphatic hydroxyl groups is 1. The number of hydrogen-bond donors (Lipinski definition) is 3. The minimum absolute atomic E-state index is 0.134. The molecule has 2 aromatic carbocycles. The van der Waals surface area contributed by atoms with Crippen LogP contribution in [0.25, 0.3) is 22.0 Å². The summed E-state index contributed by atoms with van der Waals surface area (Å²) in [6, 6.07) is 11.2. The third-order valence-electron chi connectivity index (χ3n) is 5.33. The summed E-state index contributed by atoms with van der Waals surface area (Å²) in [7, 11) is 0. The van der Waals surface area contributed by atoms with Gasteiger partial charge < -0.3 is 19.9 Å². The Hall–Kier alpha value is -2.50. The van der Waals surface area contributed by atoms with Crippen molar-refractivity contribution in [3.8, 4) is 22.8 Å². The molecule has 28 heavy (non-hydrogen) atoms. The predicted octanol–water partition coefficient (Wildman–Crippen LogP) is 5.08. The highest BCUT2D eigenvalue weighted by Crippen LogP contribution is 2.37. The van der Waals surface area contributed by atoms with Crippen molar-refractivity contribution in [1.82, 2.24) is 4.98 Å². The molecule has 0 amide bonds. The zero-order chi connectivity index (χ0) is 19.8. The molecule has 0 atom stereocenters. The molecular formula is C22H22ClNO4. The first-order valence-electron chi connectivity index (χ1n) is 9.42. The molecule has 1 aliphatic rings. The summed E-state index contributed by atoms with van der Waals surface area (Å²) >= 11 is 6.45. The second-order valence-corrected chi connectivity index (χ2v) is 7.76. The zero-order valence-electron chi connectivity index (χ0n) is 15.5. The Morgan fingerprint density at radius 2 is 1.82 bits per heavy atom. The van der Waals surface area contributed by atoms with Gasteiger partial charge in [-0.05, 0) is 62.4 Å². The Morgan fingerprint density at radius 1 is 1.14 bits per heavy atom. The van der Waals surface area contributed by atoms with Crippen LogP contribution in [0, 0.1) is 0 Å². The molecule has 1 fully saturated rings. The normalized spacial score (nSPS) is 19.7. The predicted molar refractivity (Wildman–Crippen MR) is 109 cm³/mol. The summed E-state index contributed by atoms with van der Waals surface area (Å²) in [5, 5.41) is 20.8. The fourth-order valence-electron chi connectivity index (χ4n) is 3.85. The molecule has 1 aliphatic carbocycles. The Labute approximate surface area is 167 Å². The number of fused-ring (bicyclic) bond motifs is 1. The second-order valence-electron chi connectivity index (χ2n) is 7.36. The van der Waals surface area contributed by atoms with Crippen molar-refractivity contribution < 1.29 is 19.7 Å². The third-order valence-corrected chi connectivity index (χ3v) is 5.64. The monoisotopic (exact) mass is 399 g/mol. The topological polar surface area (TPSA) is 82.5 Å². The van der Waals surface area contributed by atoms with E-state index in [9.17, 15) is 15.0 Å². The van der Waals surface area contributed by atoms with Gasteiger partial charge in [-0.2, -0.15) is 0 Å². The zero-order valence-corrected chi connectivity index (χ0v) is 16.3. The van der Waals surface area contributed by atoms with Crippen LogP contribution in [0.2, 0.25) is 5.02 Å². The van der Waals surface area contributed by atoms with E-state index in [1.807, 2.05) is 30.3 Å². The number of aromatic hydroxyl groups is 1. The Bertz CT molecular complexity index is 1020. The minimum Gasteiger partial charge on any atom is -0.494 e. The van der Waals surface area contributed by atoms with E-state index in [0.717, 1.165) is 42.6 Å². The number of aromatic amines is 1. The number of aromatic nitrogens is 1. The molecule has 1 aromatic heterocycles. The molecule has 0 spiro atoms. The van der Waals surface area contributed by atoms with Gasteiger partial charge in [0.1, 0.15) is 5.75 Å². The number of benzene rings is 2. The largest absolute Gasteiger partial charge is 0.494 e. The molecule has 0 saturated heterocycles. The van der Waals surface area contributed by atoms with Crippen molar-refractivity contribution >= 4 is 28.3 Å². The number of ether oxygens (including phenoxy) is 1. The van der Waals surface area contributed by atoms with Crippen molar-refractivity contribution in [2.24, 2.45) is 0 Å². The van der Waals surface area contributed by atoms with Crippen molar-refractivity contribution in [3.63, 3.8) is 0 Å². The number of halogens is 1. The maximum Gasteiger partial charge on any atom is 0.200 e. The van der Waals surface area contributed by atoms with Crippen LogP contribution < -0.4 is 4.74 Å². The van der Waals surface area contributed by atoms with Gasteiger partial charge in [0.2, 0.25) is 5.88 Å². The number of H-pyrrole nitrogens is 1. The van der Waals surface area contributed by atoms with E-state index < -0.39 is 0 Å². The average Bonchev–Trinajstić information content (AvgIpc) is 2.98. The number of hydrogen-bond acceptors (Lipinski definition) is 4. The number of carbonyl (C=O) groups is 1. The van der Waals surface area contributed by atoms with Crippen LogP contribution >= 0.6 is 11.6 Å². The number of ketones is 1. The molecule has 3 aromatic rings. The van der Waals surface area contributed by atoms with Crippen LogP contribution in [0.15, 0.2) is 36.4 Å². The fourth-order valence-corrected chi connectivity index (χ4v) is 4.12. The molecule has 4 rings (SSSR count). The van der Waals surface area contributed by atoms with Crippen molar-refractivity contribution in [3.05, 3.63) is 47.0 Å². The highest BCUT2D eigenvalue weighted by molar-refractivity contribution is 6.34. The van der Waals surface area contributed by atoms with E-state index in [-0.39, 0.29) is 29.4 Å². The van der Waals surface area contributed by atoms with E-state index in [0.29, 0.717) is 15.9 Å². The number of rotatable bonds is 4. The fraction of sp³-hybridized carbons (Fsp3) is 0.318. The van der Waals surface area contributed by atoms with Crippen LogP contribution in [-0.4, -0.2) is 33.2 Å². The molecule has 0 bridgehead atoms.